The number of aliphatic hydroxyl groups is 2. The third kappa shape index (κ3) is 3.43. The van der Waals surface area contributed by atoms with Gasteiger partial charge in [-0.25, -0.2) is 9.59 Å². The molecule has 104 valence electrons. The van der Waals surface area contributed by atoms with Gasteiger partial charge in [0.1, 0.15) is 11.9 Å². The van der Waals surface area contributed by atoms with Gasteiger partial charge < -0.3 is 25.2 Å². The number of carboxylic acids is 1. The van der Waals surface area contributed by atoms with Crippen molar-refractivity contribution in [3.8, 4) is 5.75 Å². The zero-order valence-corrected chi connectivity index (χ0v) is 10.1. The van der Waals surface area contributed by atoms with Crippen molar-refractivity contribution in [1.82, 2.24) is 0 Å². The molecule has 0 saturated carbocycles. The van der Waals surface area contributed by atoms with Crippen molar-refractivity contribution in [2.75, 3.05) is 6.61 Å². The molecule has 0 heterocycles. The number of phenolic OH excluding ortho intramolecular Hbond substituents is 1. The predicted octanol–water partition coefficient (Wildman–Crippen LogP) is 0.0478. The molecule has 1 aromatic rings. The minimum Gasteiger partial charge on any atom is -0.508 e. The van der Waals surface area contributed by atoms with Gasteiger partial charge in [-0.05, 0) is 25.1 Å². The quantitative estimate of drug-likeness (QED) is 0.557. The number of benzene rings is 1. The molecule has 19 heavy (non-hydrogen) atoms. The normalized spacial score (nSPS) is 13.6. The number of esters is 1. The Morgan fingerprint density at radius 3 is 2.47 bits per heavy atom. The lowest BCUT2D eigenvalue weighted by Crippen LogP contribution is -2.30. The SMILES string of the molecule is CCOC(=O)C(O)C(O)c1cc(C(=O)O)ccc1O. The second-order valence-corrected chi connectivity index (χ2v) is 3.72. The van der Waals surface area contributed by atoms with Gasteiger partial charge in [0.05, 0.1) is 12.2 Å². The van der Waals surface area contributed by atoms with Gasteiger partial charge >= 0.3 is 11.9 Å². The van der Waals surface area contributed by atoms with Gasteiger partial charge in [0.25, 0.3) is 0 Å². The summed E-state index contributed by atoms with van der Waals surface area (Å²) in [5, 5.41) is 37.6. The standard InChI is InChI=1S/C12H14O7/c1-2-19-12(18)10(15)9(14)7-5-6(11(16)17)3-4-8(7)13/h3-5,9-10,13-15H,2H2,1H3,(H,16,17). The first-order valence-electron chi connectivity index (χ1n) is 5.47. The van der Waals surface area contributed by atoms with Crippen LogP contribution in [-0.2, 0) is 9.53 Å². The summed E-state index contributed by atoms with van der Waals surface area (Å²) in [7, 11) is 0. The van der Waals surface area contributed by atoms with Crippen LogP contribution in [0.2, 0.25) is 0 Å². The van der Waals surface area contributed by atoms with Crippen LogP contribution in [0.1, 0.15) is 28.9 Å². The number of hydrogen-bond acceptors (Lipinski definition) is 6. The molecule has 7 heteroatoms. The highest BCUT2D eigenvalue weighted by atomic mass is 16.5. The Morgan fingerprint density at radius 1 is 1.32 bits per heavy atom. The van der Waals surface area contributed by atoms with E-state index in [1.807, 2.05) is 0 Å². The summed E-state index contributed by atoms with van der Waals surface area (Å²) in [6, 6.07) is 3.16. The molecule has 0 fully saturated rings. The van der Waals surface area contributed by atoms with E-state index in [1.165, 1.54) is 6.92 Å². The number of carboxylic acid groups (broad SMARTS) is 1. The van der Waals surface area contributed by atoms with Crippen LogP contribution in [-0.4, -0.2) is 45.1 Å². The molecule has 0 aliphatic carbocycles. The van der Waals surface area contributed by atoms with Crippen molar-refractivity contribution in [2.24, 2.45) is 0 Å². The molecule has 0 saturated heterocycles. The predicted molar refractivity (Wildman–Crippen MR) is 62.7 cm³/mol. The lowest BCUT2D eigenvalue weighted by atomic mass is 10.0. The molecule has 0 aromatic heterocycles. The van der Waals surface area contributed by atoms with Crippen LogP contribution in [0.4, 0.5) is 0 Å². The average molecular weight is 270 g/mol. The number of aromatic carboxylic acids is 1. The number of hydrogen-bond donors (Lipinski definition) is 4. The van der Waals surface area contributed by atoms with Crippen molar-refractivity contribution < 1.29 is 34.8 Å². The molecule has 4 N–H and O–H groups in total. The topological polar surface area (TPSA) is 124 Å². The smallest absolute Gasteiger partial charge is 0.338 e. The van der Waals surface area contributed by atoms with Crippen LogP contribution in [0.5, 0.6) is 5.75 Å². The van der Waals surface area contributed by atoms with Crippen molar-refractivity contribution in [3.63, 3.8) is 0 Å². The van der Waals surface area contributed by atoms with E-state index < -0.39 is 29.9 Å². The molecule has 1 aromatic carbocycles. The van der Waals surface area contributed by atoms with Crippen molar-refractivity contribution in [2.45, 2.75) is 19.1 Å². The Hall–Kier alpha value is -2.12. The third-order valence-corrected chi connectivity index (χ3v) is 2.42. The largest absolute Gasteiger partial charge is 0.508 e. The van der Waals surface area contributed by atoms with Crippen LogP contribution < -0.4 is 0 Å². The van der Waals surface area contributed by atoms with Gasteiger partial charge in [0.15, 0.2) is 6.10 Å². The molecule has 2 atom stereocenters. The molecule has 7 nitrogen and oxygen atoms in total. The Kier molecular flexibility index (Phi) is 4.85. The van der Waals surface area contributed by atoms with Crippen molar-refractivity contribution in [3.05, 3.63) is 29.3 Å². The van der Waals surface area contributed by atoms with Gasteiger partial charge in [-0.1, -0.05) is 0 Å². The van der Waals surface area contributed by atoms with E-state index in [1.54, 1.807) is 0 Å². The van der Waals surface area contributed by atoms with E-state index in [4.69, 9.17) is 5.11 Å². The first kappa shape index (κ1) is 14.9. The fourth-order valence-corrected chi connectivity index (χ4v) is 1.45. The van der Waals surface area contributed by atoms with Gasteiger partial charge in [0, 0.05) is 5.56 Å². The fraction of sp³-hybridized carbons (Fsp3) is 0.333. The van der Waals surface area contributed by atoms with E-state index in [0.29, 0.717) is 0 Å². The maximum Gasteiger partial charge on any atom is 0.338 e. The third-order valence-electron chi connectivity index (χ3n) is 2.42. The maximum atomic E-state index is 11.3. The summed E-state index contributed by atoms with van der Waals surface area (Å²) in [5.74, 6) is -2.75. The Balaban J connectivity index is 3.04. The van der Waals surface area contributed by atoms with Gasteiger partial charge in [-0.3, -0.25) is 0 Å². The first-order chi connectivity index (χ1) is 8.88. The highest BCUT2D eigenvalue weighted by molar-refractivity contribution is 5.88. The summed E-state index contributed by atoms with van der Waals surface area (Å²) in [6.07, 6.45) is -3.69. The van der Waals surface area contributed by atoms with E-state index in [0.717, 1.165) is 18.2 Å². The molecule has 0 radical (unpaired) electrons. The zero-order chi connectivity index (χ0) is 14.6. The van der Waals surface area contributed by atoms with Crippen molar-refractivity contribution >= 4 is 11.9 Å². The Labute approximate surface area is 108 Å². The highest BCUT2D eigenvalue weighted by Crippen LogP contribution is 2.28. The lowest BCUT2D eigenvalue weighted by molar-refractivity contribution is -0.159. The molecule has 0 spiro atoms. The van der Waals surface area contributed by atoms with E-state index in [-0.39, 0.29) is 17.7 Å². The van der Waals surface area contributed by atoms with Crippen LogP contribution in [0, 0.1) is 0 Å². The Bertz CT molecular complexity index is 483. The number of rotatable bonds is 5. The highest BCUT2D eigenvalue weighted by Gasteiger charge is 2.29. The molecule has 0 bridgehead atoms. The zero-order valence-electron chi connectivity index (χ0n) is 10.1. The van der Waals surface area contributed by atoms with Crippen LogP contribution in [0.25, 0.3) is 0 Å². The van der Waals surface area contributed by atoms with E-state index in [9.17, 15) is 24.9 Å². The molecule has 0 aliphatic rings. The fourth-order valence-electron chi connectivity index (χ4n) is 1.45. The van der Waals surface area contributed by atoms with Gasteiger partial charge in [-0.15, -0.1) is 0 Å². The second-order valence-electron chi connectivity index (χ2n) is 3.72. The summed E-state index contributed by atoms with van der Waals surface area (Å²) >= 11 is 0. The maximum absolute atomic E-state index is 11.3. The minimum absolute atomic E-state index is 0.0176. The van der Waals surface area contributed by atoms with Gasteiger partial charge in [0.2, 0.25) is 0 Å². The average Bonchev–Trinajstić information content (AvgIpc) is 2.37. The van der Waals surface area contributed by atoms with E-state index >= 15 is 0 Å². The summed E-state index contributed by atoms with van der Waals surface area (Å²) in [6.45, 7) is 1.54. The summed E-state index contributed by atoms with van der Waals surface area (Å²) < 4.78 is 4.52. The lowest BCUT2D eigenvalue weighted by Gasteiger charge is -2.18. The minimum atomic E-state index is -1.91. The molecule has 2 unspecified atom stereocenters. The number of carbonyl (C=O) groups excluding carboxylic acids is 1. The van der Waals surface area contributed by atoms with E-state index in [2.05, 4.69) is 4.74 Å². The summed E-state index contributed by atoms with van der Waals surface area (Å²) in [4.78, 5) is 22.0. The monoisotopic (exact) mass is 270 g/mol. The van der Waals surface area contributed by atoms with Crippen LogP contribution in [0.15, 0.2) is 18.2 Å². The number of aromatic hydroxyl groups is 1. The molecule has 1 rings (SSSR count). The second kappa shape index (κ2) is 6.17. The van der Waals surface area contributed by atoms with Crippen LogP contribution in [0.3, 0.4) is 0 Å². The first-order valence-corrected chi connectivity index (χ1v) is 5.47. The summed E-state index contributed by atoms with van der Waals surface area (Å²) in [5.41, 5.74) is -0.455. The molecule has 0 amide bonds. The van der Waals surface area contributed by atoms with Crippen molar-refractivity contribution in [1.29, 1.82) is 0 Å². The number of aliphatic hydroxyl groups excluding tert-OH is 2. The molecular formula is C12H14O7. The molecular weight excluding hydrogens is 256 g/mol. The molecule has 0 aliphatic heterocycles. The number of phenols is 1. The number of ether oxygens (including phenoxy) is 1. The number of carbonyl (C=O) groups is 2. The van der Waals surface area contributed by atoms with Gasteiger partial charge in [-0.2, -0.15) is 0 Å². The van der Waals surface area contributed by atoms with Crippen LogP contribution >= 0.6 is 0 Å². The Morgan fingerprint density at radius 2 is 1.95 bits per heavy atom.